The fourth-order valence-corrected chi connectivity index (χ4v) is 3.19. The number of alkyl carbamates (subject to hydrolysis) is 1. The molecule has 0 aliphatic rings. The first-order valence-electron chi connectivity index (χ1n) is 11.1. The number of hydrogen-bond donors (Lipinski definition) is 2. The molecular formula is C26H37N3O4. The second-order valence-electron chi connectivity index (χ2n) is 9.48. The minimum Gasteiger partial charge on any atom is -0.444 e. The summed E-state index contributed by atoms with van der Waals surface area (Å²) in [5.41, 5.74) is 0.547. The van der Waals surface area contributed by atoms with Gasteiger partial charge in [-0.25, -0.2) is 4.79 Å². The van der Waals surface area contributed by atoms with Crippen molar-refractivity contribution < 1.29 is 19.1 Å². The molecule has 0 aliphatic carbocycles. The summed E-state index contributed by atoms with van der Waals surface area (Å²) in [6.07, 6.45) is 6.31. The van der Waals surface area contributed by atoms with Crippen molar-refractivity contribution in [3.8, 4) is 12.3 Å². The molecule has 0 spiro atoms. The molecule has 0 saturated carbocycles. The van der Waals surface area contributed by atoms with Gasteiger partial charge in [-0.05, 0) is 58.2 Å². The molecule has 1 rings (SSSR count). The summed E-state index contributed by atoms with van der Waals surface area (Å²) in [5, 5.41) is 5.56. The first kappa shape index (κ1) is 27.8. The fourth-order valence-electron chi connectivity index (χ4n) is 3.19. The summed E-state index contributed by atoms with van der Waals surface area (Å²) < 4.78 is 5.34. The van der Waals surface area contributed by atoms with Gasteiger partial charge in [0.1, 0.15) is 17.7 Å². The summed E-state index contributed by atoms with van der Waals surface area (Å²) in [4.78, 5) is 40.8. The molecule has 0 bridgehead atoms. The Balaban J connectivity index is 3.42. The average molecular weight is 456 g/mol. The molecular weight excluding hydrogens is 418 g/mol. The van der Waals surface area contributed by atoms with E-state index in [1.807, 2.05) is 27.7 Å². The van der Waals surface area contributed by atoms with Crippen LogP contribution in [0.1, 0.15) is 65.6 Å². The van der Waals surface area contributed by atoms with Crippen molar-refractivity contribution in [2.24, 2.45) is 5.92 Å². The quantitative estimate of drug-likeness (QED) is 0.438. The number of carbonyl (C=O) groups is 3. The van der Waals surface area contributed by atoms with Gasteiger partial charge in [-0.2, -0.15) is 0 Å². The van der Waals surface area contributed by atoms with E-state index in [1.54, 1.807) is 51.1 Å². The largest absolute Gasteiger partial charge is 0.444 e. The Morgan fingerprint density at radius 2 is 1.70 bits per heavy atom. The Hall–Kier alpha value is -3.27. The Labute approximate surface area is 197 Å². The van der Waals surface area contributed by atoms with Gasteiger partial charge in [-0.1, -0.05) is 38.0 Å². The van der Waals surface area contributed by atoms with Gasteiger partial charge >= 0.3 is 6.09 Å². The maximum absolute atomic E-state index is 13.7. The second kappa shape index (κ2) is 12.1. The lowest BCUT2D eigenvalue weighted by molar-refractivity contribution is -0.142. The van der Waals surface area contributed by atoms with Crippen LogP contribution in [0.4, 0.5) is 4.79 Å². The monoisotopic (exact) mass is 455 g/mol. The lowest BCUT2D eigenvalue weighted by Gasteiger charge is -2.35. The molecule has 2 N–H and O–H groups in total. The summed E-state index contributed by atoms with van der Waals surface area (Å²) in [6, 6.07) is 4.93. The summed E-state index contributed by atoms with van der Waals surface area (Å²) >= 11 is 0. The Morgan fingerprint density at radius 3 is 2.12 bits per heavy atom. The van der Waals surface area contributed by atoms with Crippen LogP contribution in [0, 0.1) is 18.3 Å². The molecule has 180 valence electrons. The third-order valence-electron chi connectivity index (χ3n) is 4.60. The highest BCUT2D eigenvalue weighted by atomic mass is 16.6. The number of amides is 3. The number of nitrogens with zero attached hydrogens (tertiary/aromatic N) is 1. The summed E-state index contributed by atoms with van der Waals surface area (Å²) in [7, 11) is 0. The van der Waals surface area contributed by atoms with E-state index in [0.29, 0.717) is 11.1 Å². The zero-order chi connectivity index (χ0) is 25.3. The van der Waals surface area contributed by atoms with E-state index >= 15 is 0 Å². The zero-order valence-corrected chi connectivity index (χ0v) is 20.8. The third kappa shape index (κ3) is 8.64. The van der Waals surface area contributed by atoms with Gasteiger partial charge in [0, 0.05) is 18.2 Å². The molecule has 0 aromatic heterocycles. The van der Waals surface area contributed by atoms with Crippen LogP contribution in [0.2, 0.25) is 0 Å². The molecule has 0 saturated heterocycles. The van der Waals surface area contributed by atoms with Crippen molar-refractivity contribution in [1.29, 1.82) is 0 Å². The van der Waals surface area contributed by atoms with E-state index in [2.05, 4.69) is 23.1 Å². The minimum atomic E-state index is -0.939. The van der Waals surface area contributed by atoms with E-state index in [1.165, 1.54) is 4.90 Å². The van der Waals surface area contributed by atoms with Crippen molar-refractivity contribution in [2.45, 2.75) is 72.2 Å². The van der Waals surface area contributed by atoms with Crippen LogP contribution < -0.4 is 10.6 Å². The van der Waals surface area contributed by atoms with Crippen molar-refractivity contribution >= 4 is 17.9 Å². The summed E-state index contributed by atoms with van der Waals surface area (Å²) in [6.45, 7) is 16.4. The fraction of sp³-hybridized carbons (Fsp3) is 0.500. The van der Waals surface area contributed by atoms with Gasteiger partial charge in [0.25, 0.3) is 0 Å². The van der Waals surface area contributed by atoms with E-state index in [-0.39, 0.29) is 24.4 Å². The van der Waals surface area contributed by atoms with E-state index < -0.39 is 29.7 Å². The molecule has 2 atom stereocenters. The predicted molar refractivity (Wildman–Crippen MR) is 130 cm³/mol. The summed E-state index contributed by atoms with van der Waals surface area (Å²) in [5.74, 6) is 1.54. The molecule has 0 fully saturated rings. The van der Waals surface area contributed by atoms with Crippen LogP contribution in [0.3, 0.4) is 0 Å². The first-order chi connectivity index (χ1) is 15.3. The molecule has 1 aromatic carbocycles. The van der Waals surface area contributed by atoms with Gasteiger partial charge in [-0.3, -0.25) is 9.59 Å². The molecule has 0 radical (unpaired) electrons. The molecule has 7 heteroatoms. The third-order valence-corrected chi connectivity index (χ3v) is 4.60. The predicted octanol–water partition coefficient (Wildman–Crippen LogP) is 3.80. The van der Waals surface area contributed by atoms with Gasteiger partial charge < -0.3 is 20.3 Å². The average Bonchev–Trinajstić information content (AvgIpc) is 2.69. The van der Waals surface area contributed by atoms with Crippen LogP contribution >= 0.6 is 0 Å². The molecule has 3 amide bonds. The van der Waals surface area contributed by atoms with E-state index in [0.717, 1.165) is 0 Å². The molecule has 7 nitrogen and oxygen atoms in total. The zero-order valence-electron chi connectivity index (χ0n) is 20.8. The topological polar surface area (TPSA) is 87.7 Å². The van der Waals surface area contributed by atoms with E-state index in [4.69, 9.17) is 11.2 Å². The van der Waals surface area contributed by atoms with Gasteiger partial charge in [0.05, 0.1) is 0 Å². The van der Waals surface area contributed by atoms with E-state index in [9.17, 15) is 14.4 Å². The highest BCUT2D eigenvalue weighted by molar-refractivity contribution is 5.92. The van der Waals surface area contributed by atoms with Gasteiger partial charge in [-0.15, -0.1) is 13.0 Å². The first-order valence-corrected chi connectivity index (χ1v) is 11.1. The Morgan fingerprint density at radius 1 is 1.12 bits per heavy atom. The van der Waals surface area contributed by atoms with Crippen LogP contribution in [-0.2, 0) is 14.3 Å². The second-order valence-corrected chi connectivity index (χ2v) is 9.48. The number of rotatable bonds is 9. The lowest BCUT2D eigenvalue weighted by atomic mass is 9.98. The normalized spacial score (nSPS) is 13.0. The number of terminal acetylenes is 1. The van der Waals surface area contributed by atoms with Crippen molar-refractivity contribution in [3.63, 3.8) is 0 Å². The maximum atomic E-state index is 13.7. The molecule has 33 heavy (non-hydrogen) atoms. The van der Waals surface area contributed by atoms with Gasteiger partial charge in [0.2, 0.25) is 11.8 Å². The molecule has 1 aromatic rings. The van der Waals surface area contributed by atoms with Crippen molar-refractivity contribution in [1.82, 2.24) is 15.5 Å². The van der Waals surface area contributed by atoms with Crippen LogP contribution in [0.15, 0.2) is 36.9 Å². The number of nitrogens with one attached hydrogen (secondary N) is 2. The number of ether oxygens (including phenoxy) is 1. The van der Waals surface area contributed by atoms with Crippen LogP contribution in [0.25, 0.3) is 0 Å². The lowest BCUT2D eigenvalue weighted by Crippen LogP contribution is -2.55. The standard InChI is InChI=1S/C26H37N3O4/c1-10-16-29(24(31)21(17(3)4)28-25(32)33-26(7,8)9)22(23(30)27-18(5)6)20-14-12-19(11-2)13-15-20/h2,10,12-15,17-18,21-22H,1,16H2,3-9H3,(H,27,30)(H,28,32). The van der Waals surface area contributed by atoms with Crippen molar-refractivity contribution in [3.05, 3.63) is 48.0 Å². The number of hydrogen-bond acceptors (Lipinski definition) is 4. The Bertz CT molecular complexity index is 876. The maximum Gasteiger partial charge on any atom is 0.408 e. The molecule has 0 aliphatic heterocycles. The van der Waals surface area contributed by atoms with Crippen molar-refractivity contribution in [2.75, 3.05) is 6.54 Å². The highest BCUT2D eigenvalue weighted by Gasteiger charge is 2.37. The smallest absolute Gasteiger partial charge is 0.408 e. The SMILES string of the molecule is C#Cc1ccc(C(C(=O)NC(C)C)N(CC=C)C(=O)C(NC(=O)OC(C)(C)C)C(C)C)cc1. The number of benzene rings is 1. The van der Waals surface area contributed by atoms with Crippen LogP contribution in [-0.4, -0.2) is 47.0 Å². The van der Waals surface area contributed by atoms with Gasteiger partial charge in [0.15, 0.2) is 0 Å². The molecule has 0 heterocycles. The highest BCUT2D eigenvalue weighted by Crippen LogP contribution is 2.24. The number of carbonyl (C=O) groups excluding carboxylic acids is 3. The minimum absolute atomic E-state index is 0.102. The Kier molecular flexibility index (Phi) is 10.2. The van der Waals surface area contributed by atoms with Crippen LogP contribution in [0.5, 0.6) is 0 Å². The molecule has 2 unspecified atom stereocenters.